The van der Waals surface area contributed by atoms with Gasteiger partial charge in [0.05, 0.1) is 0 Å². The van der Waals surface area contributed by atoms with Crippen LogP contribution in [-0.2, 0) is 0 Å². The highest BCUT2D eigenvalue weighted by Gasteiger charge is 2.18. The number of hydrogen-bond acceptors (Lipinski definition) is 2. The first-order valence-corrected chi connectivity index (χ1v) is 4.84. The van der Waals surface area contributed by atoms with Crippen molar-refractivity contribution < 1.29 is 0 Å². The SMILES string of the molecule is C=C[C@H]1C[C@H](C)C(C)=NN=C1Br. The fourth-order valence-electron chi connectivity index (χ4n) is 1.14. The average Bonchev–Trinajstić information content (AvgIpc) is 2.18. The molecule has 1 aliphatic rings. The van der Waals surface area contributed by atoms with Crippen LogP contribution in [0.3, 0.4) is 0 Å². The Labute approximate surface area is 81.6 Å². The Kier molecular flexibility index (Phi) is 3.20. The van der Waals surface area contributed by atoms with Crippen LogP contribution in [0.5, 0.6) is 0 Å². The predicted molar refractivity (Wildman–Crippen MR) is 56.9 cm³/mol. The minimum atomic E-state index is 0.321. The van der Waals surface area contributed by atoms with E-state index in [1.807, 2.05) is 13.0 Å². The van der Waals surface area contributed by atoms with Gasteiger partial charge in [-0.15, -0.1) is 11.7 Å². The summed E-state index contributed by atoms with van der Waals surface area (Å²) in [4.78, 5) is 0. The molecule has 0 aliphatic carbocycles. The number of nitrogens with zero attached hydrogens (tertiary/aromatic N) is 2. The van der Waals surface area contributed by atoms with E-state index in [1.165, 1.54) is 0 Å². The summed E-state index contributed by atoms with van der Waals surface area (Å²) in [5.41, 5.74) is 1.09. The summed E-state index contributed by atoms with van der Waals surface area (Å²) < 4.78 is 0.890. The molecule has 0 N–H and O–H groups in total. The molecule has 0 aromatic rings. The molecule has 1 heterocycles. The summed E-state index contributed by atoms with van der Waals surface area (Å²) in [6.45, 7) is 7.95. The van der Waals surface area contributed by atoms with Gasteiger partial charge in [0.1, 0.15) is 4.62 Å². The zero-order valence-corrected chi connectivity index (χ0v) is 9.00. The monoisotopic (exact) mass is 228 g/mol. The van der Waals surface area contributed by atoms with Crippen LogP contribution in [0.15, 0.2) is 22.9 Å². The molecular weight excluding hydrogens is 216 g/mol. The minimum Gasteiger partial charge on any atom is -0.159 e. The first-order valence-electron chi connectivity index (χ1n) is 4.05. The minimum absolute atomic E-state index is 0.321. The van der Waals surface area contributed by atoms with E-state index in [9.17, 15) is 0 Å². The molecule has 0 saturated heterocycles. The van der Waals surface area contributed by atoms with Crippen molar-refractivity contribution in [1.29, 1.82) is 0 Å². The zero-order chi connectivity index (χ0) is 9.14. The highest BCUT2D eigenvalue weighted by Crippen LogP contribution is 2.22. The third kappa shape index (κ3) is 2.03. The molecule has 3 heteroatoms. The molecule has 0 saturated carbocycles. The molecule has 0 fully saturated rings. The van der Waals surface area contributed by atoms with Crippen LogP contribution >= 0.6 is 15.9 Å². The van der Waals surface area contributed by atoms with Crippen molar-refractivity contribution in [2.45, 2.75) is 20.3 Å². The molecule has 66 valence electrons. The largest absolute Gasteiger partial charge is 0.159 e. The molecular formula is C9H13BrN2. The van der Waals surface area contributed by atoms with E-state index in [0.717, 1.165) is 16.8 Å². The lowest BCUT2D eigenvalue weighted by atomic mass is 9.94. The van der Waals surface area contributed by atoms with E-state index in [4.69, 9.17) is 0 Å². The van der Waals surface area contributed by atoms with Gasteiger partial charge in [-0.25, -0.2) is 0 Å². The van der Waals surface area contributed by atoms with Crippen LogP contribution in [-0.4, -0.2) is 10.3 Å². The Morgan fingerprint density at radius 2 is 2.25 bits per heavy atom. The summed E-state index contributed by atoms with van der Waals surface area (Å²) in [5.74, 6) is 0.813. The smallest absolute Gasteiger partial charge is 0.112 e. The molecule has 0 bridgehead atoms. The second-order valence-corrected chi connectivity index (χ2v) is 3.96. The molecule has 1 rings (SSSR count). The van der Waals surface area contributed by atoms with Gasteiger partial charge in [0.25, 0.3) is 0 Å². The highest BCUT2D eigenvalue weighted by atomic mass is 79.9. The maximum atomic E-state index is 4.09. The first kappa shape index (κ1) is 9.65. The summed E-state index contributed by atoms with van der Waals surface area (Å²) >= 11 is 3.39. The zero-order valence-electron chi connectivity index (χ0n) is 7.42. The molecule has 1 aliphatic heterocycles. The number of rotatable bonds is 1. The average molecular weight is 229 g/mol. The first-order chi connectivity index (χ1) is 5.65. The lowest BCUT2D eigenvalue weighted by Gasteiger charge is -2.12. The fraction of sp³-hybridized carbons (Fsp3) is 0.556. The van der Waals surface area contributed by atoms with E-state index < -0.39 is 0 Å². The van der Waals surface area contributed by atoms with Gasteiger partial charge in [-0.05, 0) is 35.2 Å². The van der Waals surface area contributed by atoms with Gasteiger partial charge >= 0.3 is 0 Å². The van der Waals surface area contributed by atoms with Gasteiger partial charge in [-0.3, -0.25) is 0 Å². The van der Waals surface area contributed by atoms with Crippen LogP contribution in [0.2, 0.25) is 0 Å². The highest BCUT2D eigenvalue weighted by molar-refractivity contribution is 9.18. The Hall–Kier alpha value is -0.440. The van der Waals surface area contributed by atoms with E-state index >= 15 is 0 Å². The Morgan fingerprint density at radius 3 is 2.83 bits per heavy atom. The van der Waals surface area contributed by atoms with Gasteiger partial charge in [0.15, 0.2) is 0 Å². The van der Waals surface area contributed by atoms with Crippen LogP contribution in [0.1, 0.15) is 20.3 Å². The second-order valence-electron chi connectivity index (χ2n) is 3.14. The van der Waals surface area contributed by atoms with E-state index in [2.05, 4.69) is 39.6 Å². The third-order valence-electron chi connectivity index (χ3n) is 2.21. The molecule has 0 amide bonds. The molecule has 2 nitrogen and oxygen atoms in total. The van der Waals surface area contributed by atoms with E-state index in [-0.39, 0.29) is 0 Å². The van der Waals surface area contributed by atoms with E-state index in [1.54, 1.807) is 0 Å². The van der Waals surface area contributed by atoms with Gasteiger partial charge in [-0.2, -0.15) is 5.10 Å². The quantitative estimate of drug-likeness (QED) is 0.617. The number of hydrogen-bond donors (Lipinski definition) is 0. The van der Waals surface area contributed by atoms with Crippen molar-refractivity contribution in [2.24, 2.45) is 22.0 Å². The standard InChI is InChI=1S/C9H13BrN2/c1-4-8-5-6(2)7(3)11-12-9(8)10/h4,6,8H,1,5H2,2-3H3/t6-,8-/m0/s1. The summed E-state index contributed by atoms with van der Waals surface area (Å²) in [7, 11) is 0. The molecule has 0 radical (unpaired) electrons. The van der Waals surface area contributed by atoms with Crippen molar-refractivity contribution in [1.82, 2.24) is 0 Å². The topological polar surface area (TPSA) is 24.7 Å². The third-order valence-corrected chi connectivity index (χ3v) is 2.96. The molecule has 12 heavy (non-hydrogen) atoms. The van der Waals surface area contributed by atoms with Crippen LogP contribution < -0.4 is 0 Å². The van der Waals surface area contributed by atoms with Gasteiger partial charge in [0.2, 0.25) is 0 Å². The van der Waals surface area contributed by atoms with Gasteiger partial charge < -0.3 is 0 Å². The second kappa shape index (κ2) is 3.99. The van der Waals surface area contributed by atoms with Crippen LogP contribution in [0.4, 0.5) is 0 Å². The lowest BCUT2D eigenvalue weighted by molar-refractivity contribution is 0.639. The normalized spacial score (nSPS) is 30.2. The molecule has 0 aromatic carbocycles. The summed E-state index contributed by atoms with van der Waals surface area (Å²) in [6.07, 6.45) is 2.96. The number of halogens is 1. The molecule has 0 spiro atoms. The van der Waals surface area contributed by atoms with Crippen molar-refractivity contribution >= 4 is 26.3 Å². The van der Waals surface area contributed by atoms with Crippen molar-refractivity contribution in [2.75, 3.05) is 0 Å². The maximum Gasteiger partial charge on any atom is 0.112 e. The summed E-state index contributed by atoms with van der Waals surface area (Å²) in [6, 6.07) is 0. The van der Waals surface area contributed by atoms with Crippen LogP contribution in [0, 0.1) is 11.8 Å². The van der Waals surface area contributed by atoms with Crippen LogP contribution in [0.25, 0.3) is 0 Å². The Balaban J connectivity index is 2.85. The van der Waals surface area contributed by atoms with E-state index in [0.29, 0.717) is 11.8 Å². The van der Waals surface area contributed by atoms with Gasteiger partial charge in [-0.1, -0.05) is 13.0 Å². The fourth-order valence-corrected chi connectivity index (χ4v) is 1.59. The summed E-state index contributed by atoms with van der Waals surface area (Å²) in [5, 5.41) is 8.15. The maximum absolute atomic E-state index is 4.09. The van der Waals surface area contributed by atoms with Gasteiger partial charge in [0, 0.05) is 11.6 Å². The van der Waals surface area contributed by atoms with Crippen molar-refractivity contribution in [3.8, 4) is 0 Å². The molecule has 0 unspecified atom stereocenters. The lowest BCUT2D eigenvalue weighted by Crippen LogP contribution is -2.12. The van der Waals surface area contributed by atoms with Crippen molar-refractivity contribution in [3.63, 3.8) is 0 Å². The Bertz CT molecular complexity index is 243. The Morgan fingerprint density at radius 1 is 1.58 bits per heavy atom. The molecule has 2 atom stereocenters. The number of allylic oxidation sites excluding steroid dienone is 1. The molecule has 0 aromatic heterocycles. The van der Waals surface area contributed by atoms with Crippen molar-refractivity contribution in [3.05, 3.63) is 12.7 Å². The predicted octanol–water partition coefficient (Wildman–Crippen LogP) is 3.00.